The Bertz CT molecular complexity index is 586. The van der Waals surface area contributed by atoms with E-state index in [2.05, 4.69) is 4.72 Å². The molecule has 0 radical (unpaired) electrons. The Morgan fingerprint density at radius 3 is 2.86 bits per heavy atom. The van der Waals surface area contributed by atoms with Gasteiger partial charge in [0.2, 0.25) is 10.0 Å². The Kier molecular flexibility index (Phi) is 5.36. The van der Waals surface area contributed by atoms with Crippen LogP contribution in [0.5, 0.6) is 0 Å². The summed E-state index contributed by atoms with van der Waals surface area (Å²) in [7, 11) is -3.51. The van der Waals surface area contributed by atoms with Gasteiger partial charge in [-0.15, -0.1) is 0 Å². The maximum atomic E-state index is 12.4. The van der Waals surface area contributed by atoms with Crippen LogP contribution < -0.4 is 9.62 Å². The molecule has 1 saturated heterocycles. The van der Waals surface area contributed by atoms with Crippen molar-refractivity contribution < 1.29 is 13.2 Å². The fraction of sp³-hybridized carbons (Fsp3) is 0.533. The number of hydrogen-bond donors (Lipinski definition) is 1. The number of para-hydroxylation sites is 1. The quantitative estimate of drug-likeness (QED) is 0.814. The molecule has 1 aromatic carbocycles. The molecule has 1 fully saturated rings. The number of carbonyl (C=O) groups excluding carboxylic acids is 1. The van der Waals surface area contributed by atoms with Gasteiger partial charge in [0.25, 0.3) is 0 Å². The maximum absolute atomic E-state index is 12.4. The lowest BCUT2D eigenvalue weighted by molar-refractivity contribution is -0.111. The van der Waals surface area contributed by atoms with E-state index >= 15 is 0 Å². The molecule has 0 spiro atoms. The SMILES string of the molecule is CCCNS(=O)(=O)c1ccccc1N1CCCC(C=O)C1. The molecular formula is C15H22N2O3S. The largest absolute Gasteiger partial charge is 0.370 e. The molecule has 1 unspecified atom stereocenters. The summed E-state index contributed by atoms with van der Waals surface area (Å²) in [5, 5.41) is 0. The molecule has 0 amide bonds. The fourth-order valence-corrected chi connectivity index (χ4v) is 3.96. The first-order valence-corrected chi connectivity index (χ1v) is 8.85. The summed E-state index contributed by atoms with van der Waals surface area (Å²) in [6.07, 6.45) is 3.50. The Morgan fingerprint density at radius 2 is 2.14 bits per heavy atom. The van der Waals surface area contributed by atoms with Crippen molar-refractivity contribution in [3.63, 3.8) is 0 Å². The van der Waals surface area contributed by atoms with E-state index in [1.165, 1.54) is 0 Å². The van der Waals surface area contributed by atoms with Crippen LogP contribution in [-0.4, -0.2) is 34.3 Å². The number of carbonyl (C=O) groups is 1. The Hall–Kier alpha value is -1.40. The number of rotatable bonds is 6. The van der Waals surface area contributed by atoms with E-state index in [0.717, 1.165) is 32.1 Å². The second kappa shape index (κ2) is 7.04. The van der Waals surface area contributed by atoms with Crippen molar-refractivity contribution >= 4 is 22.0 Å². The van der Waals surface area contributed by atoms with E-state index in [1.54, 1.807) is 12.1 Å². The van der Waals surface area contributed by atoms with Gasteiger partial charge < -0.3 is 9.69 Å². The number of piperidine rings is 1. The van der Waals surface area contributed by atoms with Crippen LogP contribution in [0.4, 0.5) is 5.69 Å². The lowest BCUT2D eigenvalue weighted by Crippen LogP contribution is -2.37. The van der Waals surface area contributed by atoms with Crippen molar-refractivity contribution in [2.24, 2.45) is 5.92 Å². The minimum Gasteiger partial charge on any atom is -0.370 e. The van der Waals surface area contributed by atoms with Gasteiger partial charge in [-0.25, -0.2) is 13.1 Å². The van der Waals surface area contributed by atoms with Gasteiger partial charge in [-0.05, 0) is 31.4 Å². The minimum atomic E-state index is -3.51. The number of nitrogens with zero attached hydrogens (tertiary/aromatic N) is 1. The molecule has 2 rings (SSSR count). The first-order chi connectivity index (χ1) is 10.1. The molecule has 1 N–H and O–H groups in total. The smallest absolute Gasteiger partial charge is 0.242 e. The predicted octanol–water partition coefficient (Wildman–Crippen LogP) is 1.79. The maximum Gasteiger partial charge on any atom is 0.242 e. The monoisotopic (exact) mass is 310 g/mol. The molecule has 0 bridgehead atoms. The Balaban J connectivity index is 2.30. The molecule has 6 heteroatoms. The molecule has 0 aliphatic carbocycles. The molecule has 0 saturated carbocycles. The summed E-state index contributed by atoms with van der Waals surface area (Å²) in [6.45, 7) is 3.72. The van der Waals surface area contributed by atoms with Crippen LogP contribution in [0.3, 0.4) is 0 Å². The highest BCUT2D eigenvalue weighted by atomic mass is 32.2. The molecule has 0 aromatic heterocycles. The zero-order chi connectivity index (χ0) is 15.3. The second-order valence-corrected chi connectivity index (χ2v) is 7.09. The number of aldehydes is 1. The molecule has 1 aromatic rings. The summed E-state index contributed by atoms with van der Waals surface area (Å²) in [5.74, 6) is -0.0156. The first-order valence-electron chi connectivity index (χ1n) is 7.37. The summed E-state index contributed by atoms with van der Waals surface area (Å²) in [4.78, 5) is 13.3. The van der Waals surface area contributed by atoms with Crippen LogP contribution in [0.25, 0.3) is 0 Å². The predicted molar refractivity (Wildman–Crippen MR) is 82.9 cm³/mol. The van der Waals surface area contributed by atoms with Crippen LogP contribution in [-0.2, 0) is 14.8 Å². The van der Waals surface area contributed by atoms with Crippen LogP contribution >= 0.6 is 0 Å². The van der Waals surface area contributed by atoms with Gasteiger partial charge in [0, 0.05) is 25.6 Å². The van der Waals surface area contributed by atoms with Crippen molar-refractivity contribution in [3.8, 4) is 0 Å². The normalized spacial score (nSPS) is 19.5. The average Bonchev–Trinajstić information content (AvgIpc) is 2.53. The zero-order valence-corrected chi connectivity index (χ0v) is 13.1. The number of nitrogens with one attached hydrogen (secondary N) is 1. The molecule has 1 aliphatic rings. The van der Waals surface area contributed by atoms with Crippen molar-refractivity contribution in [1.29, 1.82) is 0 Å². The number of benzene rings is 1. The lowest BCUT2D eigenvalue weighted by Gasteiger charge is -2.33. The molecule has 5 nitrogen and oxygen atoms in total. The number of sulfonamides is 1. The topological polar surface area (TPSA) is 66.5 Å². The van der Waals surface area contributed by atoms with Crippen LogP contribution in [0.2, 0.25) is 0 Å². The highest BCUT2D eigenvalue weighted by molar-refractivity contribution is 7.89. The molecule has 116 valence electrons. The molecule has 21 heavy (non-hydrogen) atoms. The van der Waals surface area contributed by atoms with Crippen molar-refractivity contribution in [1.82, 2.24) is 4.72 Å². The van der Waals surface area contributed by atoms with E-state index in [1.807, 2.05) is 24.0 Å². The number of anilines is 1. The zero-order valence-electron chi connectivity index (χ0n) is 12.3. The van der Waals surface area contributed by atoms with E-state index in [-0.39, 0.29) is 5.92 Å². The van der Waals surface area contributed by atoms with Gasteiger partial charge in [-0.2, -0.15) is 0 Å². The first kappa shape index (κ1) is 16.0. The average molecular weight is 310 g/mol. The number of hydrogen-bond acceptors (Lipinski definition) is 4. The molecule has 1 aliphatic heterocycles. The van der Waals surface area contributed by atoms with Gasteiger partial charge in [0.05, 0.1) is 5.69 Å². The van der Waals surface area contributed by atoms with Crippen molar-refractivity contribution in [2.45, 2.75) is 31.1 Å². The standard InChI is InChI=1S/C15H22N2O3S/c1-2-9-16-21(19,20)15-8-4-3-7-14(15)17-10-5-6-13(11-17)12-18/h3-4,7-8,12-13,16H,2,5-6,9-11H2,1H3. The van der Waals surface area contributed by atoms with Crippen molar-refractivity contribution in [2.75, 3.05) is 24.5 Å². The van der Waals surface area contributed by atoms with E-state index in [9.17, 15) is 13.2 Å². The third kappa shape index (κ3) is 3.83. The van der Waals surface area contributed by atoms with E-state index < -0.39 is 10.0 Å². The lowest BCUT2D eigenvalue weighted by atomic mass is 9.99. The van der Waals surface area contributed by atoms with Gasteiger partial charge in [0.1, 0.15) is 11.2 Å². The van der Waals surface area contributed by atoms with E-state index in [0.29, 0.717) is 23.7 Å². The molecule has 1 heterocycles. The fourth-order valence-electron chi connectivity index (χ4n) is 2.60. The summed E-state index contributed by atoms with van der Waals surface area (Å²) < 4.78 is 27.4. The summed E-state index contributed by atoms with van der Waals surface area (Å²) in [6, 6.07) is 7.00. The molecular weight excluding hydrogens is 288 g/mol. The Morgan fingerprint density at radius 1 is 1.38 bits per heavy atom. The van der Waals surface area contributed by atoms with Crippen LogP contribution in [0, 0.1) is 5.92 Å². The van der Waals surface area contributed by atoms with Crippen molar-refractivity contribution in [3.05, 3.63) is 24.3 Å². The third-order valence-corrected chi connectivity index (χ3v) is 5.20. The van der Waals surface area contributed by atoms with Gasteiger partial charge in [-0.3, -0.25) is 0 Å². The molecule has 1 atom stereocenters. The highest BCUT2D eigenvalue weighted by Crippen LogP contribution is 2.28. The van der Waals surface area contributed by atoms with Gasteiger partial charge in [-0.1, -0.05) is 19.1 Å². The van der Waals surface area contributed by atoms with Crippen LogP contribution in [0.1, 0.15) is 26.2 Å². The summed E-state index contributed by atoms with van der Waals surface area (Å²) >= 11 is 0. The van der Waals surface area contributed by atoms with Gasteiger partial charge in [0.15, 0.2) is 0 Å². The third-order valence-electron chi connectivity index (χ3n) is 3.69. The minimum absolute atomic E-state index is 0.0156. The second-order valence-electron chi connectivity index (χ2n) is 5.35. The Labute approximate surface area is 126 Å². The van der Waals surface area contributed by atoms with E-state index in [4.69, 9.17) is 0 Å². The van der Waals surface area contributed by atoms with Gasteiger partial charge >= 0.3 is 0 Å². The highest BCUT2D eigenvalue weighted by Gasteiger charge is 2.25. The van der Waals surface area contributed by atoms with Crippen LogP contribution in [0.15, 0.2) is 29.2 Å². The summed E-state index contributed by atoms with van der Waals surface area (Å²) in [5.41, 5.74) is 0.688.